The average Bonchev–Trinajstić information content (AvgIpc) is 3.02. The SMILES string of the molecule is NC(=O)c1ccc(C(=O)NC2(c3cscn3)CC2)cc1. The smallest absolute Gasteiger partial charge is 0.252 e. The first kappa shape index (κ1) is 12.8. The van der Waals surface area contributed by atoms with Crippen molar-refractivity contribution in [2.45, 2.75) is 18.4 Å². The van der Waals surface area contributed by atoms with E-state index in [4.69, 9.17) is 5.73 Å². The van der Waals surface area contributed by atoms with Gasteiger partial charge >= 0.3 is 0 Å². The van der Waals surface area contributed by atoms with Crippen molar-refractivity contribution in [3.63, 3.8) is 0 Å². The Bertz CT molecular complexity index is 646. The molecule has 3 rings (SSSR count). The Balaban J connectivity index is 1.75. The molecule has 0 saturated heterocycles. The molecule has 3 N–H and O–H groups in total. The lowest BCUT2D eigenvalue weighted by Gasteiger charge is -2.15. The quantitative estimate of drug-likeness (QED) is 0.896. The molecule has 5 nitrogen and oxygen atoms in total. The van der Waals surface area contributed by atoms with Gasteiger partial charge < -0.3 is 11.1 Å². The molecule has 1 heterocycles. The normalized spacial score (nSPS) is 15.6. The zero-order valence-corrected chi connectivity index (χ0v) is 11.4. The highest BCUT2D eigenvalue weighted by molar-refractivity contribution is 7.07. The lowest BCUT2D eigenvalue weighted by atomic mass is 10.1. The van der Waals surface area contributed by atoms with Crippen LogP contribution in [0, 0.1) is 0 Å². The number of amides is 2. The van der Waals surface area contributed by atoms with Gasteiger partial charge in [-0.1, -0.05) is 0 Å². The molecule has 0 radical (unpaired) electrons. The second-order valence-electron chi connectivity index (χ2n) is 4.85. The molecule has 2 aromatic rings. The molecule has 1 aliphatic rings. The van der Waals surface area contributed by atoms with E-state index in [1.54, 1.807) is 29.8 Å². The molecule has 6 heteroatoms. The molecule has 0 bridgehead atoms. The standard InChI is InChI=1S/C14H13N3O2S/c15-12(18)9-1-3-10(4-2-9)13(19)17-14(5-6-14)11-7-20-8-16-11/h1-4,7-8H,5-6H2,(H2,15,18)(H,17,19). The number of carbonyl (C=O) groups is 2. The summed E-state index contributed by atoms with van der Waals surface area (Å²) in [5, 5.41) is 4.99. The summed E-state index contributed by atoms with van der Waals surface area (Å²) in [6.45, 7) is 0. The second-order valence-corrected chi connectivity index (χ2v) is 5.57. The van der Waals surface area contributed by atoms with E-state index in [2.05, 4.69) is 10.3 Å². The van der Waals surface area contributed by atoms with Gasteiger partial charge in [-0.25, -0.2) is 4.98 Å². The van der Waals surface area contributed by atoms with Crippen LogP contribution >= 0.6 is 11.3 Å². The van der Waals surface area contributed by atoms with Gasteiger partial charge in [0.15, 0.2) is 0 Å². The summed E-state index contributed by atoms with van der Waals surface area (Å²) >= 11 is 1.52. The average molecular weight is 287 g/mol. The summed E-state index contributed by atoms with van der Waals surface area (Å²) in [5.74, 6) is -0.662. The van der Waals surface area contributed by atoms with E-state index in [0.29, 0.717) is 11.1 Å². The van der Waals surface area contributed by atoms with Gasteiger partial charge in [0.2, 0.25) is 5.91 Å². The van der Waals surface area contributed by atoms with E-state index in [-0.39, 0.29) is 11.4 Å². The minimum atomic E-state index is -0.502. The lowest BCUT2D eigenvalue weighted by molar-refractivity contribution is 0.0928. The lowest BCUT2D eigenvalue weighted by Crippen LogP contribution is -2.35. The highest BCUT2D eigenvalue weighted by atomic mass is 32.1. The summed E-state index contributed by atoms with van der Waals surface area (Å²) in [6, 6.07) is 6.32. The third-order valence-corrected chi connectivity index (χ3v) is 4.04. The van der Waals surface area contributed by atoms with Gasteiger partial charge in [-0.15, -0.1) is 11.3 Å². The van der Waals surface area contributed by atoms with Crippen LogP contribution in [0.1, 0.15) is 39.3 Å². The van der Waals surface area contributed by atoms with Crippen molar-refractivity contribution >= 4 is 23.2 Å². The first-order valence-electron chi connectivity index (χ1n) is 6.22. The number of nitrogens with zero attached hydrogens (tertiary/aromatic N) is 1. The third kappa shape index (κ3) is 2.30. The van der Waals surface area contributed by atoms with Crippen molar-refractivity contribution in [3.05, 3.63) is 52.0 Å². The summed E-state index contributed by atoms with van der Waals surface area (Å²) in [4.78, 5) is 27.5. The summed E-state index contributed by atoms with van der Waals surface area (Å²) in [6.07, 6.45) is 1.81. The van der Waals surface area contributed by atoms with Crippen LogP contribution in [0.5, 0.6) is 0 Å². The molecule has 1 aromatic carbocycles. The van der Waals surface area contributed by atoms with Crippen LogP contribution in [0.2, 0.25) is 0 Å². The number of nitrogens with two attached hydrogens (primary N) is 1. The molecule has 1 aliphatic carbocycles. The van der Waals surface area contributed by atoms with Gasteiger partial charge in [0.05, 0.1) is 16.7 Å². The number of rotatable bonds is 4. The fourth-order valence-corrected chi connectivity index (χ4v) is 2.75. The Hall–Kier alpha value is -2.21. The molecular formula is C14H13N3O2S. The van der Waals surface area contributed by atoms with Crippen molar-refractivity contribution in [2.75, 3.05) is 0 Å². The second kappa shape index (κ2) is 4.72. The van der Waals surface area contributed by atoms with E-state index in [1.165, 1.54) is 11.3 Å². The van der Waals surface area contributed by atoms with Crippen molar-refractivity contribution in [1.82, 2.24) is 10.3 Å². The zero-order valence-electron chi connectivity index (χ0n) is 10.6. The maximum absolute atomic E-state index is 12.2. The van der Waals surface area contributed by atoms with Gasteiger partial charge in [-0.2, -0.15) is 0 Å². The van der Waals surface area contributed by atoms with E-state index in [9.17, 15) is 9.59 Å². The van der Waals surface area contributed by atoms with E-state index in [1.807, 2.05) is 5.38 Å². The highest BCUT2D eigenvalue weighted by Crippen LogP contribution is 2.45. The van der Waals surface area contributed by atoms with Crippen molar-refractivity contribution in [1.29, 1.82) is 0 Å². The fourth-order valence-electron chi connectivity index (χ4n) is 2.09. The van der Waals surface area contributed by atoms with Crippen molar-refractivity contribution < 1.29 is 9.59 Å². The Kier molecular flexibility index (Phi) is 3.02. The number of nitrogens with one attached hydrogen (secondary N) is 1. The number of primary amides is 1. The van der Waals surface area contributed by atoms with Gasteiger partial charge in [-0.3, -0.25) is 9.59 Å². The molecular weight excluding hydrogens is 274 g/mol. The molecule has 102 valence electrons. The molecule has 2 amide bonds. The number of benzene rings is 1. The molecule has 0 unspecified atom stereocenters. The number of hydrogen-bond acceptors (Lipinski definition) is 4. The number of carbonyl (C=O) groups excluding carboxylic acids is 2. The molecule has 1 aromatic heterocycles. The predicted molar refractivity (Wildman–Crippen MR) is 75.5 cm³/mol. The van der Waals surface area contributed by atoms with Gasteiger partial charge in [0, 0.05) is 16.5 Å². The Labute approximate surface area is 119 Å². The van der Waals surface area contributed by atoms with Crippen LogP contribution in [0.25, 0.3) is 0 Å². The van der Waals surface area contributed by atoms with Crippen LogP contribution < -0.4 is 11.1 Å². The number of aromatic nitrogens is 1. The summed E-state index contributed by atoms with van der Waals surface area (Å²) < 4.78 is 0. The zero-order chi connectivity index (χ0) is 14.2. The van der Waals surface area contributed by atoms with E-state index in [0.717, 1.165) is 18.5 Å². The van der Waals surface area contributed by atoms with Crippen LogP contribution in [0.4, 0.5) is 0 Å². The monoisotopic (exact) mass is 287 g/mol. The topological polar surface area (TPSA) is 85.1 Å². The van der Waals surface area contributed by atoms with Crippen LogP contribution in [-0.2, 0) is 5.54 Å². The largest absolute Gasteiger partial charge is 0.366 e. The summed E-state index contributed by atoms with van der Waals surface area (Å²) in [7, 11) is 0. The highest BCUT2D eigenvalue weighted by Gasteiger charge is 2.47. The molecule has 0 spiro atoms. The van der Waals surface area contributed by atoms with Gasteiger partial charge in [0.25, 0.3) is 5.91 Å². The minimum Gasteiger partial charge on any atom is -0.366 e. The third-order valence-electron chi connectivity index (χ3n) is 3.46. The van der Waals surface area contributed by atoms with E-state index < -0.39 is 5.91 Å². The molecule has 0 atom stereocenters. The molecule has 0 aliphatic heterocycles. The predicted octanol–water partition coefficient (Wildman–Crippen LogP) is 1.66. The Morgan fingerprint density at radius 2 is 1.85 bits per heavy atom. The van der Waals surface area contributed by atoms with Crippen molar-refractivity contribution in [3.8, 4) is 0 Å². The maximum atomic E-state index is 12.2. The fraction of sp³-hybridized carbons (Fsp3) is 0.214. The van der Waals surface area contributed by atoms with Crippen LogP contribution in [0.15, 0.2) is 35.2 Å². The summed E-state index contributed by atoms with van der Waals surface area (Å²) in [5.41, 5.74) is 8.45. The number of hydrogen-bond donors (Lipinski definition) is 2. The molecule has 1 saturated carbocycles. The Morgan fingerprint density at radius 3 is 2.35 bits per heavy atom. The first-order chi connectivity index (χ1) is 9.61. The van der Waals surface area contributed by atoms with E-state index >= 15 is 0 Å². The molecule has 20 heavy (non-hydrogen) atoms. The van der Waals surface area contributed by atoms with Crippen LogP contribution in [0.3, 0.4) is 0 Å². The Morgan fingerprint density at radius 1 is 1.20 bits per heavy atom. The molecule has 1 fully saturated rings. The van der Waals surface area contributed by atoms with Gasteiger partial charge in [0.1, 0.15) is 0 Å². The number of thiazole rings is 1. The van der Waals surface area contributed by atoms with Crippen LogP contribution in [-0.4, -0.2) is 16.8 Å². The van der Waals surface area contributed by atoms with Gasteiger partial charge in [-0.05, 0) is 37.1 Å². The first-order valence-corrected chi connectivity index (χ1v) is 7.16. The maximum Gasteiger partial charge on any atom is 0.252 e. The van der Waals surface area contributed by atoms with Crippen molar-refractivity contribution in [2.24, 2.45) is 5.73 Å². The minimum absolute atomic E-state index is 0.161.